The Bertz CT molecular complexity index is 469. The first-order valence-corrected chi connectivity index (χ1v) is 12.2. The largest absolute Gasteiger partial charge is 0.331 e. The highest BCUT2D eigenvalue weighted by Gasteiger charge is 2.12. The molecule has 0 fully saturated rings. The third-order valence-corrected chi connectivity index (χ3v) is 5.19. The Morgan fingerprint density at radius 1 is 0.533 bits per heavy atom. The predicted octanol–water partition coefficient (Wildman–Crippen LogP) is 6.25. The van der Waals surface area contributed by atoms with E-state index in [4.69, 9.17) is 0 Å². The van der Waals surface area contributed by atoms with E-state index < -0.39 is 11.8 Å². The number of hydrazone groups is 2. The topological polar surface area (TPSA) is 82.9 Å². The monoisotopic (exact) mass is 422 g/mol. The Morgan fingerprint density at radius 3 is 1.17 bits per heavy atom. The summed E-state index contributed by atoms with van der Waals surface area (Å²) >= 11 is 0. The molecular weight excluding hydrogens is 376 g/mol. The van der Waals surface area contributed by atoms with Crippen molar-refractivity contribution in [2.75, 3.05) is 0 Å². The first-order chi connectivity index (χ1) is 14.5. The lowest BCUT2D eigenvalue weighted by Gasteiger charge is -2.04. The average Bonchev–Trinajstić information content (AvgIpc) is 2.74. The van der Waals surface area contributed by atoms with Gasteiger partial charge >= 0.3 is 11.8 Å². The minimum Gasteiger partial charge on any atom is -0.262 e. The van der Waals surface area contributed by atoms with Crippen LogP contribution in [0.1, 0.15) is 130 Å². The zero-order valence-electron chi connectivity index (χ0n) is 20.0. The molecule has 174 valence electrons. The zero-order chi connectivity index (χ0) is 22.5. The van der Waals surface area contributed by atoms with Gasteiger partial charge in [0.25, 0.3) is 0 Å². The smallest absolute Gasteiger partial charge is 0.262 e. The van der Waals surface area contributed by atoms with Crippen molar-refractivity contribution in [3.8, 4) is 0 Å². The van der Waals surface area contributed by atoms with Gasteiger partial charge in [-0.2, -0.15) is 10.2 Å². The van der Waals surface area contributed by atoms with Crippen LogP contribution in [0.3, 0.4) is 0 Å². The molecule has 0 heterocycles. The van der Waals surface area contributed by atoms with Crippen molar-refractivity contribution in [2.45, 2.75) is 130 Å². The van der Waals surface area contributed by atoms with Crippen LogP contribution in [0.4, 0.5) is 0 Å². The minimum atomic E-state index is -0.776. The fraction of sp³-hybridized carbons (Fsp3) is 0.833. The Hall–Kier alpha value is -1.72. The summed E-state index contributed by atoms with van der Waals surface area (Å²) in [5, 5.41) is 8.04. The Balaban J connectivity index is 3.88. The Labute approximate surface area is 184 Å². The number of carbonyl (C=O) groups is 2. The van der Waals surface area contributed by atoms with Crippen LogP contribution in [-0.4, -0.2) is 23.2 Å². The number of nitrogens with one attached hydrogen (secondary N) is 2. The second-order valence-corrected chi connectivity index (χ2v) is 8.32. The maximum Gasteiger partial charge on any atom is 0.331 e. The summed E-state index contributed by atoms with van der Waals surface area (Å²) < 4.78 is 0. The summed E-state index contributed by atoms with van der Waals surface area (Å²) in [5.74, 6) is -1.55. The van der Waals surface area contributed by atoms with Crippen LogP contribution in [0.2, 0.25) is 0 Å². The molecule has 2 amide bonds. The van der Waals surface area contributed by atoms with E-state index in [0.717, 1.165) is 37.1 Å². The van der Waals surface area contributed by atoms with Crippen molar-refractivity contribution in [1.29, 1.82) is 0 Å². The van der Waals surface area contributed by atoms with Gasteiger partial charge in [0.05, 0.1) is 0 Å². The molecule has 0 aromatic heterocycles. The van der Waals surface area contributed by atoms with E-state index >= 15 is 0 Å². The van der Waals surface area contributed by atoms with E-state index in [1.807, 2.05) is 13.8 Å². The van der Waals surface area contributed by atoms with Crippen LogP contribution < -0.4 is 10.9 Å². The van der Waals surface area contributed by atoms with Gasteiger partial charge in [-0.3, -0.25) is 9.59 Å². The molecule has 0 aromatic carbocycles. The van der Waals surface area contributed by atoms with Crippen LogP contribution in [0.5, 0.6) is 0 Å². The Kier molecular flexibility index (Phi) is 19.4. The highest BCUT2D eigenvalue weighted by atomic mass is 16.2. The van der Waals surface area contributed by atoms with Gasteiger partial charge in [-0.05, 0) is 39.5 Å². The van der Waals surface area contributed by atoms with Gasteiger partial charge in [0.15, 0.2) is 0 Å². The molecule has 0 saturated carbocycles. The molecule has 0 aliphatic carbocycles. The molecule has 2 N–H and O–H groups in total. The third-order valence-electron chi connectivity index (χ3n) is 5.19. The van der Waals surface area contributed by atoms with Crippen LogP contribution in [0.25, 0.3) is 0 Å². The summed E-state index contributed by atoms with van der Waals surface area (Å²) in [6.45, 7) is 8.19. The molecule has 0 unspecified atom stereocenters. The third kappa shape index (κ3) is 18.3. The van der Waals surface area contributed by atoms with Gasteiger partial charge in [-0.1, -0.05) is 90.9 Å². The Morgan fingerprint density at radius 2 is 0.833 bits per heavy atom. The summed E-state index contributed by atoms with van der Waals surface area (Å²) in [7, 11) is 0. The van der Waals surface area contributed by atoms with Crippen LogP contribution in [0.15, 0.2) is 10.2 Å². The molecule has 0 radical (unpaired) electrons. The normalized spacial score (nSPS) is 12.1. The molecule has 0 bridgehead atoms. The van der Waals surface area contributed by atoms with E-state index in [1.54, 1.807) is 0 Å². The molecule has 0 aromatic rings. The molecule has 0 saturated heterocycles. The number of carbonyl (C=O) groups excluding carboxylic acids is 2. The van der Waals surface area contributed by atoms with Crippen molar-refractivity contribution in [3.05, 3.63) is 0 Å². The summed E-state index contributed by atoms with van der Waals surface area (Å²) in [6, 6.07) is 0. The fourth-order valence-electron chi connectivity index (χ4n) is 3.18. The molecule has 6 nitrogen and oxygen atoms in total. The van der Waals surface area contributed by atoms with Crippen LogP contribution in [-0.2, 0) is 9.59 Å². The van der Waals surface area contributed by atoms with Crippen molar-refractivity contribution < 1.29 is 9.59 Å². The summed E-state index contributed by atoms with van der Waals surface area (Å²) in [5.41, 5.74) is 6.31. The van der Waals surface area contributed by atoms with Crippen molar-refractivity contribution in [1.82, 2.24) is 10.9 Å². The lowest BCUT2D eigenvalue weighted by Crippen LogP contribution is -2.36. The van der Waals surface area contributed by atoms with E-state index in [9.17, 15) is 9.59 Å². The van der Waals surface area contributed by atoms with Crippen molar-refractivity contribution in [3.63, 3.8) is 0 Å². The second-order valence-electron chi connectivity index (χ2n) is 8.32. The highest BCUT2D eigenvalue weighted by Crippen LogP contribution is 2.09. The van der Waals surface area contributed by atoms with E-state index in [-0.39, 0.29) is 0 Å². The lowest BCUT2D eigenvalue weighted by molar-refractivity contribution is -0.139. The van der Waals surface area contributed by atoms with Crippen LogP contribution in [0, 0.1) is 0 Å². The maximum atomic E-state index is 11.8. The van der Waals surface area contributed by atoms with Gasteiger partial charge in [-0.25, -0.2) is 10.9 Å². The van der Waals surface area contributed by atoms with Gasteiger partial charge in [-0.15, -0.1) is 0 Å². The molecule has 0 rings (SSSR count). The molecule has 0 aliphatic rings. The second kappa shape index (κ2) is 20.5. The number of hydrogen-bond acceptors (Lipinski definition) is 4. The number of hydrogen-bond donors (Lipinski definition) is 2. The van der Waals surface area contributed by atoms with Crippen LogP contribution >= 0.6 is 0 Å². The summed E-state index contributed by atoms with van der Waals surface area (Å²) in [4.78, 5) is 23.6. The first-order valence-electron chi connectivity index (χ1n) is 12.2. The molecule has 30 heavy (non-hydrogen) atoms. The quantitative estimate of drug-likeness (QED) is 0.118. The standard InChI is InChI=1S/C24H46N4O2/c1-5-7-9-11-13-15-17-19-21(3)25-27-23(29)24(30)28-26-22(4)20-18-16-14-12-10-8-6-2/h5-20H2,1-4H3,(H,27,29)(H,28,30)/b25-21+,26-22+. The van der Waals surface area contributed by atoms with Gasteiger partial charge < -0.3 is 0 Å². The molecule has 0 spiro atoms. The minimum absolute atomic E-state index is 0.776. The lowest BCUT2D eigenvalue weighted by atomic mass is 10.1. The number of amides is 2. The number of rotatable bonds is 18. The zero-order valence-corrected chi connectivity index (χ0v) is 20.0. The van der Waals surface area contributed by atoms with Gasteiger partial charge in [0, 0.05) is 11.4 Å². The molecular formula is C24H46N4O2. The average molecular weight is 423 g/mol. The highest BCUT2D eigenvalue weighted by molar-refractivity contribution is 6.35. The summed E-state index contributed by atoms with van der Waals surface area (Å²) in [6.07, 6.45) is 19.0. The van der Waals surface area contributed by atoms with E-state index in [2.05, 4.69) is 34.9 Å². The number of unbranched alkanes of at least 4 members (excludes halogenated alkanes) is 12. The van der Waals surface area contributed by atoms with Crippen molar-refractivity contribution >= 4 is 23.2 Å². The fourth-order valence-corrected chi connectivity index (χ4v) is 3.18. The number of nitrogens with zero attached hydrogens (tertiary/aromatic N) is 2. The molecule has 6 heteroatoms. The van der Waals surface area contributed by atoms with Crippen molar-refractivity contribution in [2.24, 2.45) is 10.2 Å². The maximum absolute atomic E-state index is 11.8. The van der Waals surface area contributed by atoms with E-state index in [1.165, 1.54) is 77.0 Å². The SMILES string of the molecule is CCCCCCCCC/C(C)=N/NC(=O)C(=O)N/N=C(\C)CCCCCCCCC. The van der Waals surface area contributed by atoms with E-state index in [0.29, 0.717) is 0 Å². The van der Waals surface area contributed by atoms with Gasteiger partial charge in [0.2, 0.25) is 0 Å². The first kappa shape index (κ1) is 28.3. The molecule has 0 aliphatic heterocycles. The van der Waals surface area contributed by atoms with Gasteiger partial charge in [0.1, 0.15) is 0 Å². The predicted molar refractivity (Wildman–Crippen MR) is 128 cm³/mol. The molecule has 0 atom stereocenters.